The van der Waals surface area contributed by atoms with Crippen LogP contribution in [0, 0.1) is 0 Å². The summed E-state index contributed by atoms with van der Waals surface area (Å²) in [5.74, 6) is 0.102. The molecule has 1 amide bonds. The summed E-state index contributed by atoms with van der Waals surface area (Å²) in [7, 11) is 0. The number of nitrogens with one attached hydrogen (secondary N) is 2. The number of piperazine rings is 1. The Hall–Kier alpha value is -3.13. The molecule has 1 aliphatic rings. The van der Waals surface area contributed by atoms with E-state index in [-0.39, 0.29) is 5.91 Å². The molecule has 210 valence electrons. The van der Waals surface area contributed by atoms with E-state index >= 15 is 0 Å². The third-order valence-corrected chi connectivity index (χ3v) is 7.59. The van der Waals surface area contributed by atoms with E-state index in [0.29, 0.717) is 62.2 Å². The molecule has 1 aliphatic heterocycles. The van der Waals surface area contributed by atoms with Crippen LogP contribution in [0.25, 0.3) is 10.4 Å². The number of hydrogen-bond acceptors (Lipinski definition) is 11. The first-order valence-corrected chi connectivity index (χ1v) is 14.2. The van der Waals surface area contributed by atoms with Crippen molar-refractivity contribution in [1.82, 2.24) is 24.8 Å². The van der Waals surface area contributed by atoms with Crippen LogP contribution >= 0.6 is 11.3 Å². The minimum absolute atomic E-state index is 0.332. The van der Waals surface area contributed by atoms with Gasteiger partial charge >= 0.3 is 0 Å². The molecular formula is C27H38N8O3S. The summed E-state index contributed by atoms with van der Waals surface area (Å²) in [4.78, 5) is 26.5. The van der Waals surface area contributed by atoms with Crippen LogP contribution in [-0.4, -0.2) is 93.2 Å². The van der Waals surface area contributed by atoms with Crippen LogP contribution in [0.4, 0.5) is 17.3 Å². The van der Waals surface area contributed by atoms with Crippen molar-refractivity contribution < 1.29 is 15.1 Å². The number of aliphatic hydroxyl groups excluding tert-OH is 1. The number of rotatable bonds is 13. The molecule has 3 heterocycles. The Morgan fingerprint density at radius 2 is 1.90 bits per heavy atom. The van der Waals surface area contributed by atoms with Gasteiger partial charge in [-0.15, -0.1) is 11.3 Å². The van der Waals surface area contributed by atoms with Gasteiger partial charge in [-0.25, -0.2) is 9.97 Å². The lowest BCUT2D eigenvalue weighted by atomic mass is 10.1. The van der Waals surface area contributed by atoms with Crippen LogP contribution in [0.15, 0.2) is 48.1 Å². The largest absolute Gasteiger partial charge is 0.397 e. The zero-order chi connectivity index (χ0) is 27.6. The maximum absolute atomic E-state index is 12.8. The Labute approximate surface area is 233 Å². The number of nitrogens with zero attached hydrogens (tertiary/aromatic N) is 5. The van der Waals surface area contributed by atoms with E-state index in [9.17, 15) is 15.1 Å². The van der Waals surface area contributed by atoms with Crippen LogP contribution < -0.4 is 16.4 Å². The maximum Gasteiger partial charge on any atom is 0.258 e. The van der Waals surface area contributed by atoms with Crippen molar-refractivity contribution in [3.8, 4) is 10.4 Å². The summed E-state index contributed by atoms with van der Waals surface area (Å²) in [6, 6.07) is 9.58. The van der Waals surface area contributed by atoms with Crippen LogP contribution in [0.3, 0.4) is 0 Å². The van der Waals surface area contributed by atoms with Gasteiger partial charge in [0.1, 0.15) is 0 Å². The number of anilines is 3. The van der Waals surface area contributed by atoms with E-state index in [1.807, 2.05) is 34.5 Å². The molecular weight excluding hydrogens is 516 g/mol. The van der Waals surface area contributed by atoms with Gasteiger partial charge in [0.25, 0.3) is 5.91 Å². The molecule has 2 aromatic heterocycles. The first-order chi connectivity index (χ1) is 18.9. The molecule has 1 unspecified atom stereocenters. The molecule has 0 aliphatic carbocycles. The number of thiophene rings is 1. The van der Waals surface area contributed by atoms with Gasteiger partial charge in [0.2, 0.25) is 5.95 Å². The minimum atomic E-state index is -0.667. The molecule has 1 saturated heterocycles. The van der Waals surface area contributed by atoms with Gasteiger partial charge in [-0.2, -0.15) is 5.06 Å². The number of nitrogen functional groups attached to an aromatic ring is 1. The van der Waals surface area contributed by atoms with Gasteiger partial charge in [-0.05, 0) is 42.0 Å². The number of carbonyl (C=O) groups excluding carboxylic acids is 1. The van der Waals surface area contributed by atoms with Gasteiger partial charge in [0, 0.05) is 63.1 Å². The first-order valence-electron chi connectivity index (χ1n) is 13.3. The van der Waals surface area contributed by atoms with Gasteiger partial charge in [-0.3, -0.25) is 14.6 Å². The normalized spacial score (nSPS) is 15.4. The lowest BCUT2D eigenvalue weighted by molar-refractivity contribution is -0.171. The number of unbranched alkanes of at least 4 members (excludes halogenated alkanes) is 1. The molecule has 4 rings (SSSR count). The van der Waals surface area contributed by atoms with E-state index < -0.39 is 6.35 Å². The molecule has 0 saturated carbocycles. The molecule has 6 N–H and O–H groups in total. The fraction of sp³-hybridized carbons (Fsp3) is 0.444. The topological polar surface area (TPSA) is 143 Å². The minimum Gasteiger partial charge on any atom is -0.397 e. The smallest absolute Gasteiger partial charge is 0.258 e. The maximum atomic E-state index is 12.8. The second-order valence-electron chi connectivity index (χ2n) is 9.53. The SMILES string of the molecule is CCCCN(CCCNc1ncc(C(=O)Nc2cc(-c3cccs3)ccc2N)cn1)C(O)N1CCN(O)CC1. The van der Waals surface area contributed by atoms with Crippen molar-refractivity contribution in [2.75, 3.05) is 62.2 Å². The molecule has 11 nitrogen and oxygen atoms in total. The summed E-state index contributed by atoms with van der Waals surface area (Å²) in [5.41, 5.74) is 8.43. The Bertz CT molecular complexity index is 1170. The zero-order valence-electron chi connectivity index (χ0n) is 22.3. The fourth-order valence-electron chi connectivity index (χ4n) is 4.35. The Kier molecular flexibility index (Phi) is 10.6. The van der Waals surface area contributed by atoms with E-state index in [1.165, 1.54) is 17.5 Å². The van der Waals surface area contributed by atoms with E-state index in [0.717, 1.165) is 36.2 Å². The number of aliphatic hydroxyl groups is 1. The number of carbonyl (C=O) groups is 1. The Balaban J connectivity index is 1.26. The summed E-state index contributed by atoms with van der Waals surface area (Å²) in [6.45, 7) is 6.57. The van der Waals surface area contributed by atoms with Gasteiger partial charge in [-0.1, -0.05) is 25.5 Å². The molecule has 1 atom stereocenters. The quantitative estimate of drug-likeness (QED) is 0.121. The number of benzene rings is 1. The third-order valence-electron chi connectivity index (χ3n) is 6.67. The molecule has 0 spiro atoms. The van der Waals surface area contributed by atoms with Crippen molar-refractivity contribution in [3.05, 3.63) is 53.7 Å². The molecule has 0 radical (unpaired) electrons. The van der Waals surface area contributed by atoms with E-state index in [2.05, 4.69) is 32.4 Å². The van der Waals surface area contributed by atoms with Crippen LogP contribution in [-0.2, 0) is 0 Å². The number of aromatic nitrogens is 2. The predicted octanol–water partition coefficient (Wildman–Crippen LogP) is 3.23. The van der Waals surface area contributed by atoms with Crippen molar-refractivity contribution in [1.29, 1.82) is 0 Å². The Morgan fingerprint density at radius 3 is 2.59 bits per heavy atom. The predicted molar refractivity (Wildman–Crippen MR) is 155 cm³/mol. The standard InChI is InChI=1S/C27H38N8O3S/c1-2-3-10-33(27(37)34-12-14-35(38)15-13-34)11-5-9-29-26-30-18-21(19-31-26)25(36)32-23-17-20(7-8-22(23)28)24-6-4-16-39-24/h4,6-8,16-19,27,37-38H,2-3,5,9-15,28H2,1H3,(H,32,36)(H,29,30,31). The average molecular weight is 555 g/mol. The number of nitrogens with two attached hydrogens (primary N) is 1. The lowest BCUT2D eigenvalue weighted by Gasteiger charge is -2.39. The fourth-order valence-corrected chi connectivity index (χ4v) is 5.08. The van der Waals surface area contributed by atoms with Crippen molar-refractivity contribution in [3.63, 3.8) is 0 Å². The Morgan fingerprint density at radius 1 is 1.15 bits per heavy atom. The van der Waals surface area contributed by atoms with Crippen LogP contribution in [0.1, 0.15) is 36.5 Å². The highest BCUT2D eigenvalue weighted by Crippen LogP contribution is 2.30. The molecule has 12 heteroatoms. The van der Waals surface area contributed by atoms with Gasteiger partial charge in [0.15, 0.2) is 6.35 Å². The monoisotopic (exact) mass is 554 g/mol. The van der Waals surface area contributed by atoms with E-state index in [1.54, 1.807) is 17.4 Å². The zero-order valence-corrected chi connectivity index (χ0v) is 23.1. The van der Waals surface area contributed by atoms with Crippen molar-refractivity contribution >= 4 is 34.6 Å². The molecule has 3 aromatic rings. The summed E-state index contributed by atoms with van der Waals surface area (Å²) >= 11 is 1.62. The molecule has 1 fully saturated rings. The van der Waals surface area contributed by atoms with Crippen molar-refractivity contribution in [2.45, 2.75) is 32.5 Å². The van der Waals surface area contributed by atoms with Crippen LogP contribution in [0.2, 0.25) is 0 Å². The number of hydrogen-bond donors (Lipinski definition) is 5. The summed E-state index contributed by atoms with van der Waals surface area (Å²) < 4.78 is 0. The average Bonchev–Trinajstić information content (AvgIpc) is 3.49. The second kappa shape index (κ2) is 14.3. The van der Waals surface area contributed by atoms with Gasteiger partial charge < -0.3 is 26.7 Å². The molecule has 39 heavy (non-hydrogen) atoms. The van der Waals surface area contributed by atoms with Crippen LogP contribution in [0.5, 0.6) is 0 Å². The first kappa shape index (κ1) is 28.9. The highest BCUT2D eigenvalue weighted by atomic mass is 32.1. The van der Waals surface area contributed by atoms with E-state index in [4.69, 9.17) is 5.73 Å². The third kappa shape index (κ3) is 8.18. The van der Waals surface area contributed by atoms with Gasteiger partial charge in [0.05, 0.1) is 16.9 Å². The molecule has 1 aromatic carbocycles. The highest BCUT2D eigenvalue weighted by Gasteiger charge is 2.25. The van der Waals surface area contributed by atoms with Crippen molar-refractivity contribution in [2.24, 2.45) is 0 Å². The number of hydroxylamine groups is 2. The number of amides is 1. The lowest BCUT2D eigenvalue weighted by Crippen LogP contribution is -2.55. The highest BCUT2D eigenvalue weighted by molar-refractivity contribution is 7.13. The summed E-state index contributed by atoms with van der Waals surface area (Å²) in [5, 5.41) is 29.8. The second-order valence-corrected chi connectivity index (χ2v) is 10.5. The molecule has 0 bridgehead atoms. The summed E-state index contributed by atoms with van der Waals surface area (Å²) in [6.07, 6.45) is 5.14.